The summed E-state index contributed by atoms with van der Waals surface area (Å²) in [6, 6.07) is 19.2. The number of anilines is 1. The molecular weight excluding hydrogens is 710 g/mol. The maximum Gasteiger partial charge on any atom is 0.320 e. The molecule has 2 amide bonds. The van der Waals surface area contributed by atoms with Crippen LogP contribution in [0, 0.1) is 10.8 Å². The van der Waals surface area contributed by atoms with Gasteiger partial charge in [-0.05, 0) is 92.7 Å². The molecule has 13 heteroatoms. The van der Waals surface area contributed by atoms with Gasteiger partial charge in [0.1, 0.15) is 36.2 Å². The summed E-state index contributed by atoms with van der Waals surface area (Å²) in [4.78, 5) is 23.1. The summed E-state index contributed by atoms with van der Waals surface area (Å²) in [6.45, 7) is 11.8. The number of amides is 2. The van der Waals surface area contributed by atoms with Gasteiger partial charge in [0.2, 0.25) is 5.95 Å². The highest BCUT2D eigenvalue weighted by Crippen LogP contribution is 2.39. The summed E-state index contributed by atoms with van der Waals surface area (Å²) in [7, 11) is 0. The van der Waals surface area contributed by atoms with Crippen molar-refractivity contribution in [2.75, 3.05) is 37.7 Å². The molecule has 7 rings (SSSR count). The largest absolute Gasteiger partial charge is 0.492 e. The van der Waals surface area contributed by atoms with E-state index in [0.29, 0.717) is 61.3 Å². The van der Waals surface area contributed by atoms with E-state index in [-0.39, 0.29) is 24.6 Å². The van der Waals surface area contributed by atoms with Gasteiger partial charge in [-0.15, -0.1) is 10.2 Å². The van der Waals surface area contributed by atoms with Crippen molar-refractivity contribution in [3.8, 4) is 11.5 Å². The highest BCUT2D eigenvalue weighted by molar-refractivity contribution is 6.09. The minimum Gasteiger partial charge on any atom is -0.492 e. The van der Waals surface area contributed by atoms with E-state index >= 15 is 0 Å². The van der Waals surface area contributed by atoms with E-state index in [1.54, 1.807) is 0 Å². The first-order valence-corrected chi connectivity index (χ1v) is 20.2. The molecule has 4 aromatic rings. The number of nitrogens with zero attached hydrogens (tertiary/aromatic N) is 6. The van der Waals surface area contributed by atoms with E-state index in [4.69, 9.17) is 19.9 Å². The molecule has 298 valence electrons. The van der Waals surface area contributed by atoms with Crippen molar-refractivity contribution in [1.82, 2.24) is 30.1 Å². The second-order valence-electron chi connectivity index (χ2n) is 16.4. The lowest BCUT2D eigenvalue weighted by Gasteiger charge is -2.33. The van der Waals surface area contributed by atoms with Crippen molar-refractivity contribution in [2.24, 2.45) is 10.4 Å². The van der Waals surface area contributed by atoms with Crippen LogP contribution in [0.3, 0.4) is 0 Å². The SMILES string of the molecule is CC1CCCCN1c1nnc2ccc(OC3CCC(NC(=O)NC(CC(=N)C(C)(C)C)=Nc4cccc(OCCN5CCC(F)CC5)c4)c4ccccc43)cn12. The lowest BCUT2D eigenvalue weighted by atomic mass is 9.85. The van der Waals surface area contributed by atoms with Crippen LogP contribution in [0.1, 0.15) is 102 Å². The molecule has 56 heavy (non-hydrogen) atoms. The first-order chi connectivity index (χ1) is 27.0. The predicted octanol–water partition coefficient (Wildman–Crippen LogP) is 8.36. The fourth-order valence-corrected chi connectivity index (χ4v) is 7.79. The van der Waals surface area contributed by atoms with Crippen LogP contribution in [-0.2, 0) is 0 Å². The van der Waals surface area contributed by atoms with Crippen LogP contribution in [0.4, 0.5) is 20.8 Å². The second-order valence-corrected chi connectivity index (χ2v) is 16.4. The molecule has 2 fully saturated rings. The Labute approximate surface area is 329 Å². The summed E-state index contributed by atoms with van der Waals surface area (Å²) in [5.41, 5.74) is 3.49. The minimum absolute atomic E-state index is 0.179. The quantitative estimate of drug-likeness (QED) is 0.103. The van der Waals surface area contributed by atoms with E-state index in [9.17, 15) is 9.18 Å². The number of piperidine rings is 2. The number of fused-ring (bicyclic) bond motifs is 2. The third kappa shape index (κ3) is 9.66. The molecule has 4 heterocycles. The van der Waals surface area contributed by atoms with Gasteiger partial charge in [0.15, 0.2) is 5.65 Å². The van der Waals surface area contributed by atoms with Gasteiger partial charge in [-0.3, -0.25) is 14.6 Å². The number of carbonyl (C=O) groups is 1. The fourth-order valence-electron chi connectivity index (χ4n) is 7.79. The number of benzene rings is 2. The number of aliphatic imine (C=N–C) groups is 1. The maximum absolute atomic E-state index is 13.7. The lowest BCUT2D eigenvalue weighted by molar-refractivity contribution is 0.132. The number of hydrogen-bond acceptors (Lipinski definition) is 9. The number of amidine groups is 1. The highest BCUT2D eigenvalue weighted by Gasteiger charge is 2.31. The number of urea groups is 1. The van der Waals surface area contributed by atoms with E-state index in [1.807, 2.05) is 86.0 Å². The van der Waals surface area contributed by atoms with Gasteiger partial charge in [-0.2, -0.15) is 0 Å². The van der Waals surface area contributed by atoms with Crippen LogP contribution in [0.5, 0.6) is 11.5 Å². The molecule has 0 saturated carbocycles. The van der Waals surface area contributed by atoms with Crippen LogP contribution in [0.15, 0.2) is 71.9 Å². The zero-order valence-electron chi connectivity index (χ0n) is 33.1. The standard InChI is InChI=1S/C43H56FN9O3/c1-29-10-7-8-21-52(29)42-50-49-40-18-15-33(28-53(40)42)56-37-17-16-36(34-13-5-6-14-35(34)37)47-41(54)48-39(27-38(45)43(2,3)4)46-31-11-9-12-32(26-31)55-25-24-51-22-19-30(44)20-23-51/h5-6,9,11-15,18,26,28-30,36-37,45H,7-8,10,16-17,19-25,27H2,1-4H3,(H2,46,47,48,54). The number of hydrogen-bond donors (Lipinski definition) is 3. The molecule has 2 aliphatic heterocycles. The van der Waals surface area contributed by atoms with Gasteiger partial charge in [0.05, 0.1) is 17.9 Å². The van der Waals surface area contributed by atoms with E-state index < -0.39 is 11.6 Å². The summed E-state index contributed by atoms with van der Waals surface area (Å²) in [5, 5.41) is 23.9. The molecule has 0 radical (unpaired) electrons. The molecule has 3 aliphatic rings. The number of nitrogens with one attached hydrogen (secondary N) is 3. The maximum atomic E-state index is 13.7. The van der Waals surface area contributed by atoms with Crippen molar-refractivity contribution in [3.63, 3.8) is 0 Å². The van der Waals surface area contributed by atoms with Gasteiger partial charge in [-0.25, -0.2) is 14.2 Å². The van der Waals surface area contributed by atoms with Crippen LogP contribution in [0.25, 0.3) is 5.65 Å². The molecule has 3 atom stereocenters. The molecule has 1 aliphatic carbocycles. The number of rotatable bonds is 11. The molecule has 2 aromatic carbocycles. The van der Waals surface area contributed by atoms with Crippen molar-refractivity contribution in [1.29, 1.82) is 5.41 Å². The molecule has 0 spiro atoms. The Morgan fingerprint density at radius 2 is 1.75 bits per heavy atom. The number of aromatic nitrogens is 3. The number of pyridine rings is 1. The van der Waals surface area contributed by atoms with Gasteiger partial charge >= 0.3 is 6.03 Å². The normalized spacial score (nSPS) is 21.1. The zero-order chi connectivity index (χ0) is 39.2. The molecular formula is C43H56FN9O3. The zero-order valence-corrected chi connectivity index (χ0v) is 33.1. The smallest absolute Gasteiger partial charge is 0.320 e. The van der Waals surface area contributed by atoms with Crippen molar-refractivity contribution >= 4 is 34.9 Å². The molecule has 0 bridgehead atoms. The van der Waals surface area contributed by atoms with Crippen molar-refractivity contribution in [2.45, 2.75) is 103 Å². The Morgan fingerprint density at radius 3 is 2.54 bits per heavy atom. The van der Waals surface area contributed by atoms with Crippen molar-refractivity contribution in [3.05, 3.63) is 78.0 Å². The van der Waals surface area contributed by atoms with Gasteiger partial charge in [0.25, 0.3) is 0 Å². The summed E-state index contributed by atoms with van der Waals surface area (Å²) >= 11 is 0. The number of alkyl halides is 1. The van der Waals surface area contributed by atoms with Crippen LogP contribution in [0.2, 0.25) is 0 Å². The summed E-state index contributed by atoms with van der Waals surface area (Å²) in [6.07, 6.45) is 7.31. The predicted molar refractivity (Wildman–Crippen MR) is 219 cm³/mol. The van der Waals surface area contributed by atoms with Gasteiger partial charge < -0.3 is 25.1 Å². The first kappa shape index (κ1) is 39.2. The number of likely N-dealkylation sites (tertiary alicyclic amines) is 1. The molecule has 3 unspecified atom stereocenters. The average molecular weight is 766 g/mol. The molecule has 2 saturated heterocycles. The monoisotopic (exact) mass is 765 g/mol. The van der Waals surface area contributed by atoms with Crippen LogP contribution in [-0.4, -0.2) is 82.1 Å². The van der Waals surface area contributed by atoms with E-state index in [2.05, 4.69) is 43.6 Å². The third-order valence-electron chi connectivity index (χ3n) is 11.2. The summed E-state index contributed by atoms with van der Waals surface area (Å²) in [5.74, 6) is 2.63. The Bertz CT molecular complexity index is 2020. The highest BCUT2D eigenvalue weighted by atomic mass is 19.1. The topological polar surface area (TPSA) is 132 Å². The molecule has 12 nitrogen and oxygen atoms in total. The van der Waals surface area contributed by atoms with Crippen LogP contribution < -0.4 is 25.0 Å². The Kier molecular flexibility index (Phi) is 12.2. The number of halogens is 1. The van der Waals surface area contributed by atoms with E-state index in [1.165, 1.54) is 6.42 Å². The lowest BCUT2D eigenvalue weighted by Crippen LogP contribution is -2.43. The molecule has 2 aromatic heterocycles. The molecule has 3 N–H and O–H groups in total. The van der Waals surface area contributed by atoms with E-state index in [0.717, 1.165) is 67.5 Å². The number of ether oxygens (including phenoxy) is 2. The van der Waals surface area contributed by atoms with Crippen molar-refractivity contribution < 1.29 is 18.7 Å². The van der Waals surface area contributed by atoms with Crippen LogP contribution >= 0.6 is 0 Å². The van der Waals surface area contributed by atoms with Gasteiger partial charge in [-0.1, -0.05) is 51.1 Å². The second kappa shape index (κ2) is 17.4. The van der Waals surface area contributed by atoms with Gasteiger partial charge in [0, 0.05) is 50.4 Å². The Balaban J connectivity index is 1.02. The summed E-state index contributed by atoms with van der Waals surface area (Å²) < 4.78 is 28.3. The fraction of sp³-hybridized carbons (Fsp3) is 0.512. The Morgan fingerprint density at radius 1 is 0.946 bits per heavy atom. The third-order valence-corrected chi connectivity index (χ3v) is 11.2. The minimum atomic E-state index is -0.701. The Hall–Kier alpha value is -5.04. The average Bonchev–Trinajstić information content (AvgIpc) is 3.59. The number of carbonyl (C=O) groups excluding carboxylic acids is 1. The first-order valence-electron chi connectivity index (χ1n) is 20.2.